The average molecular weight is 482 g/mol. The zero-order valence-corrected chi connectivity index (χ0v) is 17.5. The molecule has 0 aliphatic rings. The van der Waals surface area contributed by atoms with Crippen molar-refractivity contribution in [3.05, 3.63) is 111 Å². The minimum absolute atomic E-state index is 0.0212. The number of furan rings is 1. The first-order chi connectivity index (χ1) is 14.9. The molecular weight excluding hydrogens is 466 g/mol. The van der Waals surface area contributed by atoms with Gasteiger partial charge in [-0.25, -0.2) is 0 Å². The van der Waals surface area contributed by atoms with Gasteiger partial charge in [0.25, 0.3) is 17.5 Å². The van der Waals surface area contributed by atoms with Gasteiger partial charge in [-0.3, -0.25) is 19.7 Å². The van der Waals surface area contributed by atoms with Gasteiger partial charge in [-0.1, -0.05) is 42.5 Å². The lowest BCUT2D eigenvalue weighted by molar-refractivity contribution is -0.384. The van der Waals surface area contributed by atoms with Gasteiger partial charge in [0.2, 0.25) is 0 Å². The molecule has 1 heterocycles. The number of amides is 2. The Hall–Kier alpha value is -3.98. The van der Waals surface area contributed by atoms with Crippen LogP contribution in [-0.2, 0) is 4.79 Å². The van der Waals surface area contributed by atoms with E-state index in [0.29, 0.717) is 10.4 Å². The summed E-state index contributed by atoms with van der Waals surface area (Å²) in [7, 11) is 0. The molecule has 0 spiro atoms. The van der Waals surface area contributed by atoms with E-state index in [0.717, 1.165) is 5.56 Å². The first kappa shape index (κ1) is 21.7. The van der Waals surface area contributed by atoms with Gasteiger partial charge in [-0.2, -0.15) is 0 Å². The summed E-state index contributed by atoms with van der Waals surface area (Å²) in [5, 5.41) is 15.9. The summed E-state index contributed by atoms with van der Waals surface area (Å²) in [6.07, 6.45) is 4.84. The fourth-order valence-corrected chi connectivity index (χ4v) is 2.79. The summed E-state index contributed by atoms with van der Waals surface area (Å²) >= 11 is 3.12. The van der Waals surface area contributed by atoms with Crippen molar-refractivity contribution in [3.63, 3.8) is 0 Å². The van der Waals surface area contributed by atoms with E-state index in [1.807, 2.05) is 30.3 Å². The molecule has 0 aliphatic carbocycles. The Labute approximate surface area is 185 Å². The second kappa shape index (κ2) is 10.2. The molecule has 3 rings (SSSR count). The molecule has 9 heteroatoms. The molecule has 0 saturated heterocycles. The summed E-state index contributed by atoms with van der Waals surface area (Å²) in [6.45, 7) is 0. The van der Waals surface area contributed by atoms with Gasteiger partial charge in [0, 0.05) is 17.8 Å². The minimum atomic E-state index is -0.607. The van der Waals surface area contributed by atoms with Crippen LogP contribution in [0.2, 0.25) is 0 Å². The summed E-state index contributed by atoms with van der Waals surface area (Å²) < 4.78 is 5.59. The largest absolute Gasteiger partial charge is 0.444 e. The maximum atomic E-state index is 12.7. The second-order valence-electron chi connectivity index (χ2n) is 6.17. The number of nitro groups is 1. The van der Waals surface area contributed by atoms with E-state index in [1.165, 1.54) is 36.4 Å². The van der Waals surface area contributed by atoms with E-state index >= 15 is 0 Å². The topological polar surface area (TPSA) is 114 Å². The van der Waals surface area contributed by atoms with Gasteiger partial charge in [0.1, 0.15) is 5.70 Å². The Morgan fingerprint density at radius 3 is 2.32 bits per heavy atom. The number of allylic oxidation sites excluding steroid dienone is 2. The Morgan fingerprint density at radius 1 is 1.00 bits per heavy atom. The Morgan fingerprint density at radius 2 is 1.71 bits per heavy atom. The number of anilines is 1. The zero-order chi connectivity index (χ0) is 22.2. The molecule has 0 unspecified atom stereocenters. The monoisotopic (exact) mass is 481 g/mol. The van der Waals surface area contributed by atoms with Gasteiger partial charge in [-0.15, -0.1) is 0 Å². The molecular formula is C22H16BrN3O5. The number of nitrogens with one attached hydrogen (secondary N) is 2. The van der Waals surface area contributed by atoms with Crippen molar-refractivity contribution in [2.45, 2.75) is 0 Å². The fourth-order valence-electron chi connectivity index (χ4n) is 2.48. The Kier molecular flexibility index (Phi) is 7.13. The number of rotatable bonds is 7. The summed E-state index contributed by atoms with van der Waals surface area (Å²) in [6, 6.07) is 17.8. The maximum Gasteiger partial charge on any atom is 0.291 e. The molecule has 156 valence electrons. The molecule has 0 radical (unpaired) electrons. The molecule has 1 aromatic heterocycles. The van der Waals surface area contributed by atoms with E-state index in [9.17, 15) is 19.7 Å². The SMILES string of the molecule is O=C(Nc1ccc([N+](=O)[O-])cc1)/C(=C/C=C\c1ccccc1)NC(=O)c1ccc(Br)o1. The first-order valence-corrected chi connectivity index (χ1v) is 9.77. The number of non-ortho nitro benzene ring substituents is 1. The van der Waals surface area contributed by atoms with Crippen molar-refractivity contribution in [1.29, 1.82) is 0 Å². The van der Waals surface area contributed by atoms with Crippen LogP contribution in [0.4, 0.5) is 11.4 Å². The Bertz CT molecular complexity index is 1150. The minimum Gasteiger partial charge on any atom is -0.444 e. The van der Waals surface area contributed by atoms with E-state index < -0.39 is 16.7 Å². The normalized spacial score (nSPS) is 11.3. The lowest BCUT2D eigenvalue weighted by atomic mass is 10.2. The van der Waals surface area contributed by atoms with Crippen molar-refractivity contribution in [3.8, 4) is 0 Å². The number of hydrogen-bond acceptors (Lipinski definition) is 5. The molecule has 2 amide bonds. The molecule has 2 aromatic carbocycles. The molecule has 0 saturated carbocycles. The molecule has 8 nitrogen and oxygen atoms in total. The van der Waals surface area contributed by atoms with E-state index in [4.69, 9.17) is 4.42 Å². The highest BCUT2D eigenvalue weighted by Gasteiger charge is 2.17. The fraction of sp³-hybridized carbons (Fsp3) is 0. The highest BCUT2D eigenvalue weighted by Crippen LogP contribution is 2.17. The molecule has 0 bridgehead atoms. The quantitative estimate of drug-likeness (QED) is 0.215. The zero-order valence-electron chi connectivity index (χ0n) is 15.9. The predicted octanol–water partition coefficient (Wildman–Crippen LogP) is 4.92. The lowest BCUT2D eigenvalue weighted by Crippen LogP contribution is -2.30. The smallest absolute Gasteiger partial charge is 0.291 e. The van der Waals surface area contributed by atoms with Gasteiger partial charge in [-0.05, 0) is 51.8 Å². The van der Waals surface area contributed by atoms with Crippen molar-refractivity contribution in [2.75, 3.05) is 5.32 Å². The van der Waals surface area contributed by atoms with Crippen LogP contribution >= 0.6 is 15.9 Å². The highest BCUT2D eigenvalue weighted by molar-refractivity contribution is 9.10. The van der Waals surface area contributed by atoms with E-state index in [1.54, 1.807) is 18.2 Å². The van der Waals surface area contributed by atoms with Crippen LogP contribution in [0.3, 0.4) is 0 Å². The van der Waals surface area contributed by atoms with Crippen LogP contribution in [0.15, 0.2) is 93.7 Å². The predicted molar refractivity (Wildman–Crippen MR) is 119 cm³/mol. The molecule has 0 atom stereocenters. The lowest BCUT2D eigenvalue weighted by Gasteiger charge is -2.09. The molecule has 2 N–H and O–H groups in total. The number of nitrogens with zero attached hydrogens (tertiary/aromatic N) is 1. The molecule has 3 aromatic rings. The summed E-state index contributed by atoms with van der Waals surface area (Å²) in [5.74, 6) is -1.19. The standard InChI is InChI=1S/C22H16BrN3O5/c23-20-14-13-19(31-20)22(28)25-18(8-4-7-15-5-2-1-3-6-15)21(27)24-16-9-11-17(12-10-16)26(29)30/h1-14H,(H,24,27)(H,25,28)/b7-4-,18-8-. The van der Waals surface area contributed by atoms with Crippen LogP contribution in [0, 0.1) is 10.1 Å². The summed E-state index contributed by atoms with van der Waals surface area (Å²) in [4.78, 5) is 35.4. The number of halogens is 1. The second-order valence-corrected chi connectivity index (χ2v) is 6.95. The third-order valence-electron chi connectivity index (χ3n) is 3.98. The number of nitro benzene ring substituents is 1. The molecule has 0 aliphatic heterocycles. The molecule has 0 fully saturated rings. The van der Waals surface area contributed by atoms with Gasteiger partial charge >= 0.3 is 0 Å². The van der Waals surface area contributed by atoms with Gasteiger partial charge < -0.3 is 15.1 Å². The van der Waals surface area contributed by atoms with Crippen LogP contribution < -0.4 is 10.6 Å². The van der Waals surface area contributed by atoms with Crippen LogP contribution in [0.5, 0.6) is 0 Å². The third kappa shape index (κ3) is 6.25. The maximum absolute atomic E-state index is 12.7. The first-order valence-electron chi connectivity index (χ1n) is 8.98. The number of carbonyl (C=O) groups is 2. The average Bonchev–Trinajstić information content (AvgIpc) is 3.20. The highest BCUT2D eigenvalue weighted by atomic mass is 79.9. The van der Waals surface area contributed by atoms with Crippen molar-refractivity contribution < 1.29 is 18.9 Å². The van der Waals surface area contributed by atoms with E-state index in [-0.39, 0.29) is 17.1 Å². The molecule has 31 heavy (non-hydrogen) atoms. The van der Waals surface area contributed by atoms with Gasteiger partial charge in [0.15, 0.2) is 10.4 Å². The van der Waals surface area contributed by atoms with Crippen molar-refractivity contribution in [1.82, 2.24) is 5.32 Å². The van der Waals surface area contributed by atoms with Crippen LogP contribution in [0.25, 0.3) is 6.08 Å². The van der Waals surface area contributed by atoms with E-state index in [2.05, 4.69) is 26.6 Å². The van der Waals surface area contributed by atoms with Crippen LogP contribution in [-0.4, -0.2) is 16.7 Å². The number of hydrogen-bond donors (Lipinski definition) is 2. The van der Waals surface area contributed by atoms with Crippen molar-refractivity contribution >= 4 is 45.2 Å². The third-order valence-corrected chi connectivity index (χ3v) is 4.40. The number of benzene rings is 2. The number of carbonyl (C=O) groups excluding carboxylic acids is 2. The van der Waals surface area contributed by atoms with Crippen molar-refractivity contribution in [2.24, 2.45) is 0 Å². The Balaban J connectivity index is 1.80. The van der Waals surface area contributed by atoms with Crippen LogP contribution in [0.1, 0.15) is 16.1 Å². The van der Waals surface area contributed by atoms with Gasteiger partial charge in [0.05, 0.1) is 4.92 Å². The summed E-state index contributed by atoms with van der Waals surface area (Å²) in [5.41, 5.74) is 1.11.